The van der Waals surface area contributed by atoms with Gasteiger partial charge in [-0.25, -0.2) is 0 Å². The Morgan fingerprint density at radius 3 is 2.81 bits per heavy atom. The summed E-state index contributed by atoms with van der Waals surface area (Å²) in [6, 6.07) is 0. The molecule has 1 aromatic rings. The van der Waals surface area contributed by atoms with Crippen LogP contribution in [-0.2, 0) is 17.6 Å². The molecule has 1 atom stereocenters. The number of carbonyl (C=O) groups is 2. The molecule has 2 N–H and O–H groups in total. The zero-order chi connectivity index (χ0) is 15.2. The van der Waals surface area contributed by atoms with Gasteiger partial charge in [-0.05, 0) is 25.7 Å². The number of amides is 1. The molecular weight excluding hydrogens is 272 g/mol. The van der Waals surface area contributed by atoms with E-state index in [1.54, 1.807) is 0 Å². The van der Waals surface area contributed by atoms with Crippen LogP contribution in [0.3, 0.4) is 0 Å². The number of aryl methyl sites for hydroxylation is 1. The maximum atomic E-state index is 12.2. The normalized spacial score (nSPS) is 15.9. The van der Waals surface area contributed by atoms with Crippen molar-refractivity contribution in [3.63, 3.8) is 0 Å². The van der Waals surface area contributed by atoms with Gasteiger partial charge in [0.2, 0.25) is 0 Å². The lowest BCUT2D eigenvalue weighted by Crippen LogP contribution is -2.33. The van der Waals surface area contributed by atoms with Crippen LogP contribution in [0.4, 0.5) is 0 Å². The Kier molecular flexibility index (Phi) is 5.36. The van der Waals surface area contributed by atoms with Gasteiger partial charge >= 0.3 is 5.97 Å². The summed E-state index contributed by atoms with van der Waals surface area (Å²) in [5, 5.41) is 15.6. The molecule has 1 aliphatic rings. The van der Waals surface area contributed by atoms with Crippen molar-refractivity contribution in [2.24, 2.45) is 5.92 Å². The summed E-state index contributed by atoms with van der Waals surface area (Å²) in [5.41, 5.74) is 1.22. The summed E-state index contributed by atoms with van der Waals surface area (Å²) < 4.78 is 5.26. The molecule has 21 heavy (non-hydrogen) atoms. The topological polar surface area (TPSA) is 92.4 Å². The Morgan fingerprint density at radius 1 is 1.33 bits per heavy atom. The van der Waals surface area contributed by atoms with Crippen molar-refractivity contribution in [3.8, 4) is 0 Å². The number of carbonyl (C=O) groups excluding carboxylic acids is 1. The number of fused-ring (bicyclic) bond motifs is 1. The first kappa shape index (κ1) is 15.5. The smallest absolute Gasteiger partial charge is 0.308 e. The van der Waals surface area contributed by atoms with Crippen LogP contribution in [0.5, 0.6) is 0 Å². The summed E-state index contributed by atoms with van der Waals surface area (Å²) in [6.07, 6.45) is 6.16. The highest BCUT2D eigenvalue weighted by molar-refractivity contribution is 5.94. The first-order valence-corrected chi connectivity index (χ1v) is 7.62. The summed E-state index contributed by atoms with van der Waals surface area (Å²) >= 11 is 0. The number of hydrogen-bond acceptors (Lipinski definition) is 4. The summed E-state index contributed by atoms with van der Waals surface area (Å²) in [6.45, 7) is 2.05. The van der Waals surface area contributed by atoms with Crippen molar-refractivity contribution in [2.75, 3.05) is 6.54 Å². The first-order valence-electron chi connectivity index (χ1n) is 7.62. The van der Waals surface area contributed by atoms with E-state index in [0.717, 1.165) is 49.8 Å². The molecule has 6 heteroatoms. The van der Waals surface area contributed by atoms with Gasteiger partial charge in [0.25, 0.3) is 5.91 Å². The molecule has 1 amide bonds. The second-order valence-corrected chi connectivity index (χ2v) is 5.53. The van der Waals surface area contributed by atoms with Gasteiger partial charge in [-0.3, -0.25) is 9.59 Å². The summed E-state index contributed by atoms with van der Waals surface area (Å²) in [5.74, 6) is -0.953. The number of aromatic nitrogens is 1. The summed E-state index contributed by atoms with van der Waals surface area (Å²) in [7, 11) is 0. The van der Waals surface area contributed by atoms with Crippen LogP contribution in [0.2, 0.25) is 0 Å². The zero-order valence-corrected chi connectivity index (χ0v) is 12.4. The third kappa shape index (κ3) is 3.83. The minimum absolute atomic E-state index is 0.129. The third-order valence-electron chi connectivity index (χ3n) is 3.91. The molecule has 1 unspecified atom stereocenters. The molecule has 0 saturated heterocycles. The average Bonchev–Trinajstić information content (AvgIpc) is 2.72. The molecule has 6 nitrogen and oxygen atoms in total. The number of carboxylic acid groups (broad SMARTS) is 1. The molecule has 0 aromatic carbocycles. The largest absolute Gasteiger partial charge is 0.481 e. The maximum absolute atomic E-state index is 12.2. The SMILES string of the molecule is CCCC(CNC(=O)c1noc2c1CCCCC2)C(=O)O. The standard InChI is InChI=1S/C15H22N2O4/c1-2-6-10(15(19)20)9-16-14(18)13-11-7-4-3-5-8-12(11)21-17-13/h10H,2-9H2,1H3,(H,16,18)(H,19,20). The van der Waals surface area contributed by atoms with Crippen LogP contribution in [-0.4, -0.2) is 28.7 Å². The van der Waals surface area contributed by atoms with E-state index >= 15 is 0 Å². The lowest BCUT2D eigenvalue weighted by atomic mass is 10.0. The number of hydrogen-bond donors (Lipinski definition) is 2. The number of carboxylic acids is 1. The van der Waals surface area contributed by atoms with Crippen LogP contribution >= 0.6 is 0 Å². The third-order valence-corrected chi connectivity index (χ3v) is 3.91. The van der Waals surface area contributed by atoms with Gasteiger partial charge in [0, 0.05) is 18.5 Å². The first-order chi connectivity index (χ1) is 10.1. The van der Waals surface area contributed by atoms with Crippen LogP contribution in [0, 0.1) is 5.92 Å². The minimum atomic E-state index is -0.879. The molecule has 0 saturated carbocycles. The van der Waals surface area contributed by atoms with Gasteiger partial charge < -0.3 is 14.9 Å². The average molecular weight is 294 g/mol. The second kappa shape index (κ2) is 7.24. The highest BCUT2D eigenvalue weighted by Crippen LogP contribution is 2.23. The van der Waals surface area contributed by atoms with Gasteiger partial charge in [0.05, 0.1) is 5.92 Å². The van der Waals surface area contributed by atoms with E-state index in [1.165, 1.54) is 0 Å². The van der Waals surface area contributed by atoms with Gasteiger partial charge in [-0.1, -0.05) is 24.9 Å². The van der Waals surface area contributed by atoms with E-state index < -0.39 is 11.9 Å². The van der Waals surface area contributed by atoms with Crippen LogP contribution in [0.15, 0.2) is 4.52 Å². The van der Waals surface area contributed by atoms with Crippen molar-refractivity contribution in [3.05, 3.63) is 17.0 Å². The second-order valence-electron chi connectivity index (χ2n) is 5.53. The van der Waals surface area contributed by atoms with Crippen molar-refractivity contribution in [2.45, 2.75) is 51.9 Å². The van der Waals surface area contributed by atoms with E-state index in [-0.39, 0.29) is 12.5 Å². The molecule has 116 valence electrons. The fourth-order valence-corrected chi connectivity index (χ4v) is 2.70. The molecule has 0 bridgehead atoms. The maximum Gasteiger partial charge on any atom is 0.308 e. The lowest BCUT2D eigenvalue weighted by molar-refractivity contribution is -0.141. The molecule has 0 fully saturated rings. The molecule has 1 aliphatic carbocycles. The minimum Gasteiger partial charge on any atom is -0.481 e. The Bertz CT molecular complexity index is 510. The highest BCUT2D eigenvalue weighted by atomic mass is 16.5. The quantitative estimate of drug-likeness (QED) is 0.784. The Balaban J connectivity index is 2.00. The number of nitrogens with one attached hydrogen (secondary N) is 1. The zero-order valence-electron chi connectivity index (χ0n) is 12.4. The fourth-order valence-electron chi connectivity index (χ4n) is 2.70. The Hall–Kier alpha value is -1.85. The molecular formula is C15H22N2O4. The van der Waals surface area contributed by atoms with E-state index in [1.807, 2.05) is 6.92 Å². The highest BCUT2D eigenvalue weighted by Gasteiger charge is 2.24. The van der Waals surface area contributed by atoms with Gasteiger partial charge in [0.1, 0.15) is 5.76 Å². The Morgan fingerprint density at radius 2 is 2.10 bits per heavy atom. The molecule has 1 heterocycles. The monoisotopic (exact) mass is 294 g/mol. The molecule has 0 aliphatic heterocycles. The van der Waals surface area contributed by atoms with Crippen LogP contribution in [0.1, 0.15) is 60.8 Å². The van der Waals surface area contributed by atoms with Crippen molar-refractivity contribution >= 4 is 11.9 Å². The van der Waals surface area contributed by atoms with Crippen molar-refractivity contribution in [1.29, 1.82) is 0 Å². The van der Waals surface area contributed by atoms with E-state index in [2.05, 4.69) is 10.5 Å². The van der Waals surface area contributed by atoms with Crippen molar-refractivity contribution in [1.82, 2.24) is 10.5 Å². The van der Waals surface area contributed by atoms with Crippen LogP contribution < -0.4 is 5.32 Å². The molecule has 0 radical (unpaired) electrons. The van der Waals surface area contributed by atoms with Crippen LogP contribution in [0.25, 0.3) is 0 Å². The number of rotatable bonds is 6. The van der Waals surface area contributed by atoms with Gasteiger partial charge in [0.15, 0.2) is 5.69 Å². The molecule has 2 rings (SSSR count). The fraction of sp³-hybridized carbons (Fsp3) is 0.667. The van der Waals surface area contributed by atoms with Gasteiger partial charge in [-0.15, -0.1) is 0 Å². The van der Waals surface area contributed by atoms with E-state index in [9.17, 15) is 9.59 Å². The van der Waals surface area contributed by atoms with E-state index in [4.69, 9.17) is 9.63 Å². The number of nitrogens with zero attached hydrogens (tertiary/aromatic N) is 1. The predicted molar refractivity (Wildman–Crippen MR) is 76.1 cm³/mol. The predicted octanol–water partition coefficient (Wildman–Crippen LogP) is 2.17. The molecule has 1 aromatic heterocycles. The Labute approximate surface area is 123 Å². The lowest BCUT2D eigenvalue weighted by Gasteiger charge is -2.11. The van der Waals surface area contributed by atoms with E-state index in [0.29, 0.717) is 12.1 Å². The summed E-state index contributed by atoms with van der Waals surface area (Å²) in [4.78, 5) is 23.3. The van der Waals surface area contributed by atoms with Crippen molar-refractivity contribution < 1.29 is 19.2 Å². The van der Waals surface area contributed by atoms with Gasteiger partial charge in [-0.2, -0.15) is 0 Å². The molecule has 0 spiro atoms. The number of aliphatic carboxylic acids is 1.